The van der Waals surface area contributed by atoms with Gasteiger partial charge in [0.05, 0.1) is 19.6 Å². The molecule has 0 saturated carbocycles. The number of carbonyl (C=O) groups is 2. The predicted octanol–water partition coefficient (Wildman–Crippen LogP) is 1.94. The quantitative estimate of drug-likeness (QED) is 0.263. The van der Waals surface area contributed by atoms with Crippen molar-refractivity contribution in [2.75, 3.05) is 43.5 Å². The summed E-state index contributed by atoms with van der Waals surface area (Å²) in [5, 5.41) is 2.84. The van der Waals surface area contributed by atoms with Crippen LogP contribution in [0.15, 0.2) is 24.3 Å². The Balaban J connectivity index is 1.27. The van der Waals surface area contributed by atoms with Gasteiger partial charge in [0.2, 0.25) is 11.8 Å². The fraction of sp³-hybridized carbons (Fsp3) is 0.556. The zero-order valence-corrected chi connectivity index (χ0v) is 22.2. The number of anilines is 2. The number of nitrogens with two attached hydrogens (primary N) is 2. The average molecular weight is 526 g/mol. The van der Waals surface area contributed by atoms with Gasteiger partial charge in [-0.1, -0.05) is 37.6 Å². The van der Waals surface area contributed by atoms with Crippen molar-refractivity contribution < 1.29 is 19.2 Å². The van der Waals surface area contributed by atoms with Crippen LogP contribution in [0.5, 0.6) is 6.01 Å². The van der Waals surface area contributed by atoms with E-state index in [1.807, 2.05) is 0 Å². The molecule has 38 heavy (non-hydrogen) atoms. The lowest BCUT2D eigenvalue weighted by Crippen LogP contribution is -2.35. The third kappa shape index (κ3) is 7.40. The molecular formula is C27H39N7O4. The number of fused-ring (bicyclic) bond motifs is 1. The number of ether oxygens (including phenoxy) is 1. The van der Waals surface area contributed by atoms with Crippen LogP contribution < -0.4 is 26.6 Å². The first-order chi connectivity index (χ1) is 18.5. The smallest absolute Gasteiger partial charge is 0.320 e. The predicted molar refractivity (Wildman–Crippen MR) is 144 cm³/mol. The van der Waals surface area contributed by atoms with Crippen LogP contribution in [-0.4, -0.2) is 59.5 Å². The lowest BCUT2D eigenvalue weighted by molar-refractivity contribution is -0.125. The summed E-state index contributed by atoms with van der Waals surface area (Å²) in [6.45, 7) is 6.56. The molecule has 1 fully saturated rings. The average Bonchev–Trinajstić information content (AvgIpc) is 3.22. The Morgan fingerprint density at radius 2 is 1.84 bits per heavy atom. The molecule has 4 rings (SSSR count). The maximum Gasteiger partial charge on any atom is 0.320 e. The van der Waals surface area contributed by atoms with Gasteiger partial charge in [0, 0.05) is 18.7 Å². The number of likely N-dealkylation sites (tertiary alicyclic amines) is 1. The number of rotatable bonds is 13. The highest BCUT2D eigenvalue weighted by Gasteiger charge is 2.32. The van der Waals surface area contributed by atoms with Crippen LogP contribution in [0.2, 0.25) is 0 Å². The fourth-order valence-corrected chi connectivity index (χ4v) is 4.93. The molecule has 2 aromatic rings. The Bertz CT molecular complexity index is 1090. The first-order valence-corrected chi connectivity index (χ1v) is 13.4. The molecule has 11 nitrogen and oxygen atoms in total. The molecule has 0 unspecified atom stereocenters. The number of hydrogen-bond acceptors (Lipinski definition) is 9. The summed E-state index contributed by atoms with van der Waals surface area (Å²) in [4.78, 5) is 41.4. The van der Waals surface area contributed by atoms with E-state index in [0.29, 0.717) is 42.8 Å². The first kappa shape index (κ1) is 27.7. The third-order valence-electron chi connectivity index (χ3n) is 7.18. The molecule has 2 aliphatic rings. The van der Waals surface area contributed by atoms with Gasteiger partial charge in [0.1, 0.15) is 18.2 Å². The highest BCUT2D eigenvalue weighted by Crippen LogP contribution is 2.33. The Kier molecular flexibility index (Phi) is 9.85. The molecule has 206 valence electrons. The second-order valence-corrected chi connectivity index (χ2v) is 10.0. The number of nitrogens with one attached hydrogen (secondary N) is 1. The molecule has 5 N–H and O–H groups in total. The number of carbonyl (C=O) groups excluding carboxylic acids is 2. The maximum absolute atomic E-state index is 12.8. The molecule has 0 bridgehead atoms. The zero-order valence-electron chi connectivity index (χ0n) is 22.2. The van der Waals surface area contributed by atoms with E-state index in [4.69, 9.17) is 16.4 Å². The summed E-state index contributed by atoms with van der Waals surface area (Å²) >= 11 is 0. The zero-order chi connectivity index (χ0) is 26.9. The van der Waals surface area contributed by atoms with Gasteiger partial charge >= 0.3 is 6.01 Å². The third-order valence-corrected chi connectivity index (χ3v) is 7.18. The van der Waals surface area contributed by atoms with Crippen molar-refractivity contribution in [1.29, 1.82) is 0 Å². The van der Waals surface area contributed by atoms with E-state index < -0.39 is 0 Å². The van der Waals surface area contributed by atoms with Crippen molar-refractivity contribution in [2.45, 2.75) is 58.5 Å². The molecule has 1 saturated heterocycles. The number of nitrogen functional groups attached to an aromatic ring is 1. The molecule has 1 aromatic heterocycles. The van der Waals surface area contributed by atoms with E-state index in [0.717, 1.165) is 57.3 Å². The second kappa shape index (κ2) is 13.5. The van der Waals surface area contributed by atoms with Gasteiger partial charge in [-0.3, -0.25) is 24.2 Å². The van der Waals surface area contributed by atoms with Gasteiger partial charge < -0.3 is 15.8 Å². The van der Waals surface area contributed by atoms with Crippen molar-refractivity contribution >= 4 is 23.5 Å². The molecule has 2 aliphatic heterocycles. The van der Waals surface area contributed by atoms with E-state index in [2.05, 4.69) is 56.2 Å². The minimum atomic E-state index is -0.176. The van der Waals surface area contributed by atoms with Gasteiger partial charge in [-0.05, 0) is 55.8 Å². The minimum absolute atomic E-state index is 0.0362. The van der Waals surface area contributed by atoms with Crippen LogP contribution >= 0.6 is 0 Å². The van der Waals surface area contributed by atoms with Crippen molar-refractivity contribution in [3.05, 3.63) is 41.0 Å². The molecule has 0 aliphatic carbocycles. The van der Waals surface area contributed by atoms with Gasteiger partial charge in [-0.15, -0.1) is 0 Å². The standard InChI is InChI=1S/C27H39N7O4/c1-2-3-14-37-27-31-25(28)22-15-24(36)34(26(22)32-27)17-21-6-4-20(5-7-21)16-33-12-9-19(10-13-33)8-11-30-23(35)18-38-29/h4-7,19H,2-3,8-18,29H2,1H3,(H,30,35)(H2,28,31,32). The number of unbranched alkanes of at least 4 members (excludes halogenated alkanes) is 1. The van der Waals surface area contributed by atoms with Gasteiger partial charge in [-0.25, -0.2) is 5.90 Å². The number of aromatic nitrogens is 2. The van der Waals surface area contributed by atoms with Crippen LogP contribution in [0, 0.1) is 5.92 Å². The summed E-state index contributed by atoms with van der Waals surface area (Å²) in [6.07, 6.45) is 5.32. The molecule has 0 atom stereocenters. The van der Waals surface area contributed by atoms with Crippen molar-refractivity contribution in [2.24, 2.45) is 11.8 Å². The SMILES string of the molecule is CCCCOc1nc(N)c2c(n1)N(Cc1ccc(CN3CCC(CCNC(=O)CON)CC3)cc1)C(=O)C2. The highest BCUT2D eigenvalue weighted by molar-refractivity contribution is 6.01. The first-order valence-electron chi connectivity index (χ1n) is 13.4. The van der Waals surface area contributed by atoms with Gasteiger partial charge in [-0.2, -0.15) is 9.97 Å². The van der Waals surface area contributed by atoms with Crippen LogP contribution in [0.25, 0.3) is 0 Å². The summed E-state index contributed by atoms with van der Waals surface area (Å²) in [5.41, 5.74) is 9.06. The topological polar surface area (TPSA) is 149 Å². The van der Waals surface area contributed by atoms with Gasteiger partial charge in [0.25, 0.3) is 0 Å². The summed E-state index contributed by atoms with van der Waals surface area (Å²) in [7, 11) is 0. The fourth-order valence-electron chi connectivity index (χ4n) is 4.93. The Labute approximate surface area is 223 Å². The van der Waals surface area contributed by atoms with Crippen molar-refractivity contribution in [3.8, 4) is 6.01 Å². The largest absolute Gasteiger partial charge is 0.463 e. The Hall–Kier alpha value is -3.28. The second-order valence-electron chi connectivity index (χ2n) is 10.0. The number of piperidine rings is 1. The lowest BCUT2D eigenvalue weighted by atomic mass is 9.93. The van der Waals surface area contributed by atoms with Gasteiger partial charge in [0.15, 0.2) is 0 Å². The van der Waals surface area contributed by atoms with E-state index in [9.17, 15) is 9.59 Å². The van der Waals surface area contributed by atoms with Crippen molar-refractivity contribution in [3.63, 3.8) is 0 Å². The normalized spacial score (nSPS) is 16.1. The van der Waals surface area contributed by atoms with Crippen LogP contribution in [0.1, 0.15) is 55.7 Å². The minimum Gasteiger partial charge on any atom is -0.463 e. The van der Waals surface area contributed by atoms with Crippen molar-refractivity contribution in [1.82, 2.24) is 20.2 Å². The number of hydrogen-bond donors (Lipinski definition) is 3. The molecule has 0 spiro atoms. The van der Waals surface area contributed by atoms with Crippen LogP contribution in [-0.2, 0) is 33.9 Å². The molecule has 0 radical (unpaired) electrons. The van der Waals surface area contributed by atoms with E-state index in [1.165, 1.54) is 5.56 Å². The molecule has 2 amide bonds. The summed E-state index contributed by atoms with van der Waals surface area (Å²) in [6, 6.07) is 8.63. The lowest BCUT2D eigenvalue weighted by Gasteiger charge is -2.32. The summed E-state index contributed by atoms with van der Waals surface area (Å²) in [5.74, 6) is 6.18. The molecule has 11 heteroatoms. The molecular weight excluding hydrogens is 486 g/mol. The van der Waals surface area contributed by atoms with Crippen LogP contribution in [0.4, 0.5) is 11.6 Å². The molecule has 1 aromatic carbocycles. The maximum atomic E-state index is 12.8. The number of amides is 2. The number of benzene rings is 1. The monoisotopic (exact) mass is 525 g/mol. The van der Waals surface area contributed by atoms with Crippen LogP contribution in [0.3, 0.4) is 0 Å². The van der Waals surface area contributed by atoms with E-state index >= 15 is 0 Å². The number of nitrogens with zero attached hydrogens (tertiary/aromatic N) is 4. The Morgan fingerprint density at radius 1 is 1.13 bits per heavy atom. The van der Waals surface area contributed by atoms with E-state index in [1.54, 1.807) is 4.90 Å². The van der Waals surface area contributed by atoms with E-state index in [-0.39, 0.29) is 30.9 Å². The molecule has 3 heterocycles. The summed E-state index contributed by atoms with van der Waals surface area (Å²) < 4.78 is 5.65. The highest BCUT2D eigenvalue weighted by atomic mass is 16.6. The Morgan fingerprint density at radius 3 is 2.53 bits per heavy atom.